The van der Waals surface area contributed by atoms with Crippen LogP contribution >= 0.6 is 11.8 Å². The zero-order chi connectivity index (χ0) is 13.1. The number of rotatable bonds is 4. The molecule has 1 heterocycles. The first kappa shape index (κ1) is 13.2. The van der Waals surface area contributed by atoms with E-state index in [2.05, 4.69) is 35.8 Å². The molecule has 2 atom stereocenters. The zero-order valence-corrected chi connectivity index (χ0v) is 11.5. The summed E-state index contributed by atoms with van der Waals surface area (Å²) in [6.07, 6.45) is 2.05. The molecule has 2 unspecified atom stereocenters. The van der Waals surface area contributed by atoms with Gasteiger partial charge >= 0.3 is 6.03 Å². The van der Waals surface area contributed by atoms with Gasteiger partial charge in [-0.1, -0.05) is 12.1 Å². The summed E-state index contributed by atoms with van der Waals surface area (Å²) in [5.74, 6) is 0. The number of nitrogens with one attached hydrogen (secondary N) is 1. The molecule has 1 saturated heterocycles. The molecule has 0 aromatic heterocycles. The lowest BCUT2D eigenvalue weighted by atomic mass is 10.1. The van der Waals surface area contributed by atoms with Gasteiger partial charge in [-0.2, -0.15) is 0 Å². The quantitative estimate of drug-likeness (QED) is 0.816. The van der Waals surface area contributed by atoms with Crippen LogP contribution in [0.2, 0.25) is 0 Å². The summed E-state index contributed by atoms with van der Waals surface area (Å²) in [7, 11) is 0. The minimum atomic E-state index is -0.0214. The lowest BCUT2D eigenvalue weighted by Gasteiger charge is -2.21. The summed E-state index contributed by atoms with van der Waals surface area (Å²) >= 11 is 1.72. The van der Waals surface area contributed by atoms with Crippen molar-refractivity contribution in [3.63, 3.8) is 0 Å². The van der Waals surface area contributed by atoms with Gasteiger partial charge < -0.3 is 16.0 Å². The summed E-state index contributed by atoms with van der Waals surface area (Å²) in [5.41, 5.74) is 6.76. The second kappa shape index (κ2) is 5.63. The summed E-state index contributed by atoms with van der Waals surface area (Å²) in [6, 6.07) is 8.46. The summed E-state index contributed by atoms with van der Waals surface area (Å²) < 4.78 is 0. The van der Waals surface area contributed by atoms with E-state index in [-0.39, 0.29) is 18.1 Å². The molecule has 1 fully saturated rings. The first-order chi connectivity index (χ1) is 8.65. The highest BCUT2D eigenvalue weighted by molar-refractivity contribution is 7.98. The van der Waals surface area contributed by atoms with Crippen molar-refractivity contribution >= 4 is 17.8 Å². The maximum absolute atomic E-state index is 11.8. The molecular weight excluding hydrogens is 246 g/mol. The second-order valence-electron chi connectivity index (χ2n) is 4.51. The monoisotopic (exact) mass is 265 g/mol. The molecule has 18 heavy (non-hydrogen) atoms. The van der Waals surface area contributed by atoms with Gasteiger partial charge in [-0.05, 0) is 30.9 Å². The van der Waals surface area contributed by atoms with Crippen LogP contribution in [0.5, 0.6) is 0 Å². The van der Waals surface area contributed by atoms with Crippen LogP contribution in [0.3, 0.4) is 0 Å². The Morgan fingerprint density at radius 1 is 1.50 bits per heavy atom. The van der Waals surface area contributed by atoms with Gasteiger partial charge in [-0.15, -0.1) is 11.8 Å². The Balaban J connectivity index is 2.09. The fourth-order valence-corrected chi connectivity index (χ4v) is 2.50. The standard InChI is InChI=1S/C13H19N3OS/c1-9(7-14)16-8-12(15-13(16)17)10-3-5-11(18-2)6-4-10/h3-6,9,12H,7-8,14H2,1-2H3,(H,15,17). The molecule has 1 aromatic rings. The Hall–Kier alpha value is -1.20. The first-order valence-corrected chi connectivity index (χ1v) is 7.29. The minimum absolute atomic E-state index is 0.0214. The molecule has 2 amide bonds. The third-order valence-electron chi connectivity index (χ3n) is 3.33. The van der Waals surface area contributed by atoms with Crippen LogP contribution in [-0.2, 0) is 0 Å². The molecule has 2 rings (SSSR count). The number of amides is 2. The van der Waals surface area contributed by atoms with E-state index in [4.69, 9.17) is 5.73 Å². The van der Waals surface area contributed by atoms with Gasteiger partial charge in [-0.25, -0.2) is 4.79 Å². The van der Waals surface area contributed by atoms with Crippen LogP contribution in [0, 0.1) is 0 Å². The van der Waals surface area contributed by atoms with Crippen molar-refractivity contribution in [2.75, 3.05) is 19.3 Å². The molecule has 4 nitrogen and oxygen atoms in total. The molecule has 1 aliphatic rings. The predicted molar refractivity (Wildman–Crippen MR) is 74.7 cm³/mol. The molecule has 5 heteroatoms. The Bertz CT molecular complexity index is 421. The predicted octanol–water partition coefficient (Wildman–Crippen LogP) is 1.82. The Morgan fingerprint density at radius 3 is 2.72 bits per heavy atom. The molecular formula is C13H19N3OS. The third kappa shape index (κ3) is 2.62. The smallest absolute Gasteiger partial charge is 0.318 e. The van der Waals surface area contributed by atoms with Gasteiger partial charge in [0, 0.05) is 24.0 Å². The van der Waals surface area contributed by atoms with Crippen molar-refractivity contribution in [2.45, 2.75) is 23.9 Å². The number of thioether (sulfide) groups is 1. The molecule has 0 aliphatic carbocycles. The lowest BCUT2D eigenvalue weighted by molar-refractivity contribution is 0.203. The minimum Gasteiger partial charge on any atom is -0.329 e. The molecule has 0 radical (unpaired) electrons. The van der Waals surface area contributed by atoms with Crippen LogP contribution in [0.15, 0.2) is 29.2 Å². The van der Waals surface area contributed by atoms with E-state index in [0.29, 0.717) is 13.1 Å². The fraction of sp³-hybridized carbons (Fsp3) is 0.462. The molecule has 0 bridgehead atoms. The highest BCUT2D eigenvalue weighted by Crippen LogP contribution is 2.24. The van der Waals surface area contributed by atoms with Crippen molar-refractivity contribution in [1.82, 2.24) is 10.2 Å². The Kier molecular flexibility index (Phi) is 4.14. The fourth-order valence-electron chi connectivity index (χ4n) is 2.09. The van der Waals surface area contributed by atoms with Crippen molar-refractivity contribution in [2.24, 2.45) is 5.73 Å². The van der Waals surface area contributed by atoms with Gasteiger partial charge in [0.15, 0.2) is 0 Å². The Morgan fingerprint density at radius 2 is 2.17 bits per heavy atom. The lowest BCUT2D eigenvalue weighted by Crippen LogP contribution is -2.40. The Labute approximate surface area is 112 Å². The van der Waals surface area contributed by atoms with Crippen LogP contribution in [0.4, 0.5) is 4.79 Å². The van der Waals surface area contributed by atoms with Crippen molar-refractivity contribution < 1.29 is 4.79 Å². The SMILES string of the molecule is CSc1ccc(C2CN(C(C)CN)C(=O)N2)cc1. The molecule has 1 aromatic carbocycles. The van der Waals surface area contributed by atoms with Crippen molar-refractivity contribution in [1.29, 1.82) is 0 Å². The number of carbonyl (C=O) groups is 1. The van der Waals surface area contributed by atoms with Crippen LogP contribution < -0.4 is 11.1 Å². The normalized spacial score (nSPS) is 20.9. The number of urea groups is 1. The van der Waals surface area contributed by atoms with E-state index >= 15 is 0 Å². The van der Waals surface area contributed by atoms with E-state index < -0.39 is 0 Å². The van der Waals surface area contributed by atoms with Gasteiger partial charge in [0.25, 0.3) is 0 Å². The van der Waals surface area contributed by atoms with Gasteiger partial charge in [0.05, 0.1) is 6.04 Å². The molecule has 1 aliphatic heterocycles. The molecule has 98 valence electrons. The first-order valence-electron chi connectivity index (χ1n) is 6.07. The van der Waals surface area contributed by atoms with E-state index in [1.165, 1.54) is 4.90 Å². The summed E-state index contributed by atoms with van der Waals surface area (Å²) in [5, 5.41) is 3.00. The number of hydrogen-bond donors (Lipinski definition) is 2. The summed E-state index contributed by atoms with van der Waals surface area (Å²) in [4.78, 5) is 14.9. The molecule has 3 N–H and O–H groups in total. The number of benzene rings is 1. The van der Waals surface area contributed by atoms with Crippen LogP contribution in [0.1, 0.15) is 18.5 Å². The largest absolute Gasteiger partial charge is 0.329 e. The topological polar surface area (TPSA) is 58.4 Å². The van der Waals surface area contributed by atoms with E-state index in [9.17, 15) is 4.79 Å². The molecule has 0 spiro atoms. The number of nitrogens with zero attached hydrogens (tertiary/aromatic N) is 1. The average Bonchev–Trinajstić information content (AvgIpc) is 2.80. The van der Waals surface area contributed by atoms with Gasteiger partial charge in [-0.3, -0.25) is 0 Å². The van der Waals surface area contributed by atoms with E-state index in [1.807, 2.05) is 6.92 Å². The highest BCUT2D eigenvalue weighted by Gasteiger charge is 2.32. The maximum Gasteiger partial charge on any atom is 0.318 e. The van der Waals surface area contributed by atoms with E-state index in [1.54, 1.807) is 16.7 Å². The van der Waals surface area contributed by atoms with Gasteiger partial charge in [0.1, 0.15) is 0 Å². The highest BCUT2D eigenvalue weighted by atomic mass is 32.2. The summed E-state index contributed by atoms with van der Waals surface area (Å²) in [6.45, 7) is 3.15. The number of hydrogen-bond acceptors (Lipinski definition) is 3. The molecule has 0 saturated carbocycles. The van der Waals surface area contributed by atoms with Crippen LogP contribution in [-0.4, -0.2) is 36.3 Å². The second-order valence-corrected chi connectivity index (χ2v) is 5.39. The van der Waals surface area contributed by atoms with Gasteiger partial charge in [0.2, 0.25) is 0 Å². The maximum atomic E-state index is 11.8. The zero-order valence-electron chi connectivity index (χ0n) is 10.7. The number of nitrogens with two attached hydrogens (primary N) is 1. The number of carbonyl (C=O) groups excluding carboxylic acids is 1. The van der Waals surface area contributed by atoms with E-state index in [0.717, 1.165) is 5.56 Å². The third-order valence-corrected chi connectivity index (χ3v) is 4.07. The average molecular weight is 265 g/mol. The van der Waals surface area contributed by atoms with Crippen molar-refractivity contribution in [3.05, 3.63) is 29.8 Å². The van der Waals surface area contributed by atoms with Crippen molar-refractivity contribution in [3.8, 4) is 0 Å². The van der Waals surface area contributed by atoms with Crippen LogP contribution in [0.25, 0.3) is 0 Å².